The SMILES string of the molecule is COC(=O)c1ccccc1CC=Cc1cccc(C=Cc2ccc3ccc(Cl)cc3n2)c1. The van der Waals surface area contributed by atoms with Crippen LogP contribution in [0.5, 0.6) is 0 Å². The summed E-state index contributed by atoms with van der Waals surface area (Å²) in [6.07, 6.45) is 8.80. The van der Waals surface area contributed by atoms with Crippen LogP contribution in [0.25, 0.3) is 29.1 Å². The van der Waals surface area contributed by atoms with Crippen LogP contribution in [0, 0.1) is 0 Å². The van der Waals surface area contributed by atoms with Crippen molar-refractivity contribution in [3.05, 3.63) is 118 Å². The van der Waals surface area contributed by atoms with Crippen LogP contribution < -0.4 is 0 Å². The molecule has 0 atom stereocenters. The van der Waals surface area contributed by atoms with Gasteiger partial charge in [-0.3, -0.25) is 0 Å². The quantitative estimate of drug-likeness (QED) is 0.301. The van der Waals surface area contributed by atoms with E-state index in [0.717, 1.165) is 33.3 Å². The van der Waals surface area contributed by atoms with Gasteiger partial charge in [-0.05, 0) is 59.5 Å². The number of halogens is 1. The van der Waals surface area contributed by atoms with Crippen molar-refractivity contribution in [3.8, 4) is 0 Å². The number of hydrogen-bond acceptors (Lipinski definition) is 3. The monoisotopic (exact) mass is 439 g/mol. The summed E-state index contributed by atoms with van der Waals surface area (Å²) < 4.78 is 4.87. The van der Waals surface area contributed by atoms with E-state index in [1.54, 1.807) is 6.07 Å². The Hall–Kier alpha value is -3.69. The molecule has 4 rings (SSSR count). The molecule has 0 saturated carbocycles. The second kappa shape index (κ2) is 10.1. The first-order chi connectivity index (χ1) is 15.6. The summed E-state index contributed by atoms with van der Waals surface area (Å²) in [6.45, 7) is 0. The van der Waals surface area contributed by atoms with Gasteiger partial charge >= 0.3 is 5.97 Å². The molecule has 0 radical (unpaired) electrons. The van der Waals surface area contributed by atoms with Gasteiger partial charge in [-0.25, -0.2) is 9.78 Å². The van der Waals surface area contributed by atoms with Crippen molar-refractivity contribution < 1.29 is 9.53 Å². The molecule has 0 saturated heterocycles. The van der Waals surface area contributed by atoms with Crippen LogP contribution in [-0.4, -0.2) is 18.1 Å². The summed E-state index contributed by atoms with van der Waals surface area (Å²) in [5.41, 5.74) is 5.45. The van der Waals surface area contributed by atoms with Crippen molar-refractivity contribution >= 4 is 46.7 Å². The topological polar surface area (TPSA) is 39.2 Å². The normalized spacial score (nSPS) is 11.4. The lowest BCUT2D eigenvalue weighted by Crippen LogP contribution is -2.04. The Labute approximate surface area is 192 Å². The highest BCUT2D eigenvalue weighted by atomic mass is 35.5. The summed E-state index contributed by atoms with van der Waals surface area (Å²) in [5, 5.41) is 1.74. The van der Waals surface area contributed by atoms with E-state index in [1.165, 1.54) is 7.11 Å². The van der Waals surface area contributed by atoms with Crippen molar-refractivity contribution in [1.29, 1.82) is 0 Å². The number of ether oxygens (including phenoxy) is 1. The highest BCUT2D eigenvalue weighted by Crippen LogP contribution is 2.19. The van der Waals surface area contributed by atoms with Gasteiger partial charge in [0.25, 0.3) is 0 Å². The van der Waals surface area contributed by atoms with Gasteiger partial charge in [-0.15, -0.1) is 0 Å². The lowest BCUT2D eigenvalue weighted by Gasteiger charge is -2.05. The summed E-state index contributed by atoms with van der Waals surface area (Å²) in [7, 11) is 1.40. The highest BCUT2D eigenvalue weighted by Gasteiger charge is 2.09. The van der Waals surface area contributed by atoms with Gasteiger partial charge in [0.15, 0.2) is 0 Å². The van der Waals surface area contributed by atoms with E-state index in [9.17, 15) is 4.79 Å². The average molecular weight is 440 g/mol. The van der Waals surface area contributed by atoms with Gasteiger partial charge in [0.2, 0.25) is 0 Å². The number of carbonyl (C=O) groups excluding carboxylic acids is 1. The zero-order valence-electron chi connectivity index (χ0n) is 17.7. The molecule has 0 N–H and O–H groups in total. The van der Waals surface area contributed by atoms with E-state index >= 15 is 0 Å². The standard InChI is InChI=1S/C28H22ClNO2/c1-32-28(31)26-11-3-2-9-22(26)10-5-8-20-6-4-7-21(18-20)12-16-25-17-14-23-13-15-24(29)19-27(23)30-25/h2-9,11-19H,10H2,1H3. The molecule has 1 heterocycles. The van der Waals surface area contributed by atoms with E-state index < -0.39 is 0 Å². The molecule has 0 bridgehead atoms. The van der Waals surface area contributed by atoms with E-state index in [-0.39, 0.29) is 5.97 Å². The molecule has 0 amide bonds. The third kappa shape index (κ3) is 5.32. The minimum Gasteiger partial charge on any atom is -0.465 e. The zero-order valence-corrected chi connectivity index (χ0v) is 18.4. The molecule has 0 spiro atoms. The molecule has 4 heteroatoms. The van der Waals surface area contributed by atoms with Crippen LogP contribution in [-0.2, 0) is 11.2 Å². The highest BCUT2D eigenvalue weighted by molar-refractivity contribution is 6.31. The molecular weight excluding hydrogens is 418 g/mol. The minimum absolute atomic E-state index is 0.314. The first-order valence-corrected chi connectivity index (χ1v) is 10.7. The zero-order chi connectivity index (χ0) is 22.3. The Morgan fingerprint density at radius 3 is 2.53 bits per heavy atom. The van der Waals surface area contributed by atoms with Gasteiger partial charge in [0, 0.05) is 10.4 Å². The fourth-order valence-corrected chi connectivity index (χ4v) is 3.64. The largest absolute Gasteiger partial charge is 0.465 e. The van der Waals surface area contributed by atoms with E-state index in [0.29, 0.717) is 17.0 Å². The predicted octanol–water partition coefficient (Wildman–Crippen LogP) is 7.10. The van der Waals surface area contributed by atoms with Gasteiger partial charge in [-0.1, -0.05) is 78.4 Å². The number of rotatable bonds is 6. The van der Waals surface area contributed by atoms with Crippen LogP contribution in [0.15, 0.2) is 84.9 Å². The third-order valence-electron chi connectivity index (χ3n) is 5.10. The smallest absolute Gasteiger partial charge is 0.338 e. The second-order valence-electron chi connectivity index (χ2n) is 7.33. The Morgan fingerprint density at radius 1 is 0.906 bits per heavy atom. The van der Waals surface area contributed by atoms with Gasteiger partial charge in [0.1, 0.15) is 0 Å². The Bertz CT molecular complexity index is 1320. The third-order valence-corrected chi connectivity index (χ3v) is 5.34. The molecular formula is C28H22ClNO2. The number of esters is 1. The van der Waals surface area contributed by atoms with Crippen LogP contribution in [0.3, 0.4) is 0 Å². The van der Waals surface area contributed by atoms with E-state index in [1.807, 2.05) is 66.7 Å². The number of fused-ring (bicyclic) bond motifs is 1. The summed E-state index contributed by atoms with van der Waals surface area (Å²) in [6, 6.07) is 25.5. The number of nitrogens with zero attached hydrogens (tertiary/aromatic N) is 1. The molecule has 0 aliphatic heterocycles. The molecule has 3 aromatic carbocycles. The number of methoxy groups -OCH3 is 1. The summed E-state index contributed by atoms with van der Waals surface area (Å²) in [5.74, 6) is -0.314. The maximum atomic E-state index is 11.9. The number of allylic oxidation sites excluding steroid dienone is 1. The fourth-order valence-electron chi connectivity index (χ4n) is 3.48. The molecule has 4 aromatic rings. The molecule has 3 nitrogen and oxygen atoms in total. The maximum absolute atomic E-state index is 11.9. The van der Waals surface area contributed by atoms with Crippen molar-refractivity contribution in [2.24, 2.45) is 0 Å². The molecule has 0 fully saturated rings. The first kappa shape index (κ1) is 21.5. The first-order valence-electron chi connectivity index (χ1n) is 10.3. The Morgan fingerprint density at radius 2 is 1.69 bits per heavy atom. The lowest BCUT2D eigenvalue weighted by molar-refractivity contribution is 0.0599. The lowest BCUT2D eigenvalue weighted by atomic mass is 10.0. The second-order valence-corrected chi connectivity index (χ2v) is 7.77. The fraction of sp³-hybridized carbons (Fsp3) is 0.0714. The molecule has 0 aliphatic carbocycles. The average Bonchev–Trinajstić information content (AvgIpc) is 2.82. The molecule has 32 heavy (non-hydrogen) atoms. The van der Waals surface area contributed by atoms with E-state index in [2.05, 4.69) is 35.3 Å². The number of hydrogen-bond donors (Lipinski definition) is 0. The predicted molar refractivity (Wildman–Crippen MR) is 133 cm³/mol. The van der Waals surface area contributed by atoms with Crippen LogP contribution in [0.2, 0.25) is 5.02 Å². The Balaban J connectivity index is 1.48. The number of benzene rings is 3. The number of pyridine rings is 1. The van der Waals surface area contributed by atoms with Crippen LogP contribution in [0.4, 0.5) is 0 Å². The van der Waals surface area contributed by atoms with Crippen molar-refractivity contribution in [1.82, 2.24) is 4.98 Å². The van der Waals surface area contributed by atoms with Crippen LogP contribution in [0.1, 0.15) is 32.7 Å². The van der Waals surface area contributed by atoms with E-state index in [4.69, 9.17) is 16.3 Å². The number of aromatic nitrogens is 1. The van der Waals surface area contributed by atoms with Crippen molar-refractivity contribution in [2.75, 3.05) is 7.11 Å². The van der Waals surface area contributed by atoms with Gasteiger partial charge in [-0.2, -0.15) is 0 Å². The number of carbonyl (C=O) groups is 1. The summed E-state index contributed by atoms with van der Waals surface area (Å²) >= 11 is 6.09. The van der Waals surface area contributed by atoms with Crippen molar-refractivity contribution in [3.63, 3.8) is 0 Å². The maximum Gasteiger partial charge on any atom is 0.338 e. The van der Waals surface area contributed by atoms with Gasteiger partial charge in [0.05, 0.1) is 23.9 Å². The van der Waals surface area contributed by atoms with Crippen molar-refractivity contribution in [2.45, 2.75) is 6.42 Å². The molecule has 158 valence electrons. The van der Waals surface area contributed by atoms with Crippen LogP contribution >= 0.6 is 11.6 Å². The minimum atomic E-state index is -0.314. The summed E-state index contributed by atoms with van der Waals surface area (Å²) in [4.78, 5) is 16.6. The molecule has 0 unspecified atom stereocenters. The molecule has 1 aromatic heterocycles. The Kier molecular flexibility index (Phi) is 6.78. The molecule has 0 aliphatic rings. The van der Waals surface area contributed by atoms with Gasteiger partial charge < -0.3 is 4.74 Å².